The third-order valence-electron chi connectivity index (χ3n) is 1.92. The molecule has 2 heteroatoms. The summed E-state index contributed by atoms with van der Waals surface area (Å²) < 4.78 is 0. The van der Waals surface area contributed by atoms with Crippen molar-refractivity contribution in [2.45, 2.75) is 41.0 Å². The zero-order chi connectivity index (χ0) is 11.7. The zero-order valence-electron chi connectivity index (χ0n) is 10.5. The van der Waals surface area contributed by atoms with E-state index in [-0.39, 0.29) is 0 Å². The van der Waals surface area contributed by atoms with Crippen LogP contribution in [0.1, 0.15) is 51.6 Å². The standard InChI is InChI=1S/C11H16N2.C2H6/c1-4-7-9-10(6-3)12-13-11(9)8-5-2;1-2/h4-5,7-8H,6H2,1-3H3,(H,12,13);1-2H3/b7-4-,8-5-;. The lowest BCUT2D eigenvalue weighted by Gasteiger charge is -1.93. The second-order valence-corrected chi connectivity index (χ2v) is 2.85. The van der Waals surface area contributed by atoms with Crippen molar-refractivity contribution in [2.24, 2.45) is 0 Å². The Hall–Kier alpha value is -1.31. The van der Waals surface area contributed by atoms with Crippen LogP contribution >= 0.6 is 0 Å². The van der Waals surface area contributed by atoms with Gasteiger partial charge in [-0.05, 0) is 26.3 Å². The van der Waals surface area contributed by atoms with Gasteiger partial charge in [0.2, 0.25) is 0 Å². The predicted molar refractivity (Wildman–Crippen MR) is 68.7 cm³/mol. The molecule has 0 saturated carbocycles. The minimum absolute atomic E-state index is 0.990. The Morgan fingerprint density at radius 1 is 1.13 bits per heavy atom. The van der Waals surface area contributed by atoms with Crippen molar-refractivity contribution in [2.75, 3.05) is 0 Å². The molecule has 2 nitrogen and oxygen atoms in total. The molecule has 1 aromatic rings. The lowest BCUT2D eigenvalue weighted by molar-refractivity contribution is 0.970. The molecule has 84 valence electrons. The number of aromatic nitrogens is 2. The average molecular weight is 206 g/mol. The second-order valence-electron chi connectivity index (χ2n) is 2.85. The van der Waals surface area contributed by atoms with Gasteiger partial charge in [0.05, 0.1) is 5.69 Å². The monoisotopic (exact) mass is 206 g/mol. The lowest BCUT2D eigenvalue weighted by Crippen LogP contribution is -1.83. The molecule has 0 unspecified atom stereocenters. The highest BCUT2D eigenvalue weighted by molar-refractivity contribution is 5.64. The van der Waals surface area contributed by atoms with Crippen molar-refractivity contribution in [3.05, 3.63) is 29.1 Å². The molecule has 0 aromatic carbocycles. The lowest BCUT2D eigenvalue weighted by atomic mass is 10.1. The van der Waals surface area contributed by atoms with E-state index >= 15 is 0 Å². The molecule has 1 aromatic heterocycles. The number of nitrogens with one attached hydrogen (secondary N) is 1. The van der Waals surface area contributed by atoms with Crippen LogP contribution in [0.5, 0.6) is 0 Å². The summed E-state index contributed by atoms with van der Waals surface area (Å²) in [6, 6.07) is 0. The number of aryl methyl sites for hydroxylation is 1. The van der Waals surface area contributed by atoms with Gasteiger partial charge in [-0.2, -0.15) is 5.10 Å². The third kappa shape index (κ3) is 3.74. The number of hydrogen-bond donors (Lipinski definition) is 1. The molecular formula is C13H22N2. The summed E-state index contributed by atoms with van der Waals surface area (Å²) in [6.45, 7) is 10.1. The van der Waals surface area contributed by atoms with E-state index in [0.29, 0.717) is 0 Å². The Kier molecular flexibility index (Phi) is 7.33. The fraction of sp³-hybridized carbons (Fsp3) is 0.462. The predicted octanol–water partition coefficient (Wildman–Crippen LogP) is 4.06. The molecule has 0 atom stereocenters. The number of H-pyrrole nitrogens is 1. The highest BCUT2D eigenvalue weighted by Gasteiger charge is 2.05. The average Bonchev–Trinajstić information content (AvgIpc) is 2.65. The topological polar surface area (TPSA) is 28.7 Å². The quantitative estimate of drug-likeness (QED) is 0.793. The number of aromatic amines is 1. The molecule has 0 spiro atoms. The molecule has 0 aliphatic carbocycles. The first kappa shape index (κ1) is 13.7. The van der Waals surface area contributed by atoms with Crippen LogP contribution in [-0.2, 0) is 6.42 Å². The first-order valence-corrected chi connectivity index (χ1v) is 5.66. The molecule has 15 heavy (non-hydrogen) atoms. The van der Waals surface area contributed by atoms with Crippen molar-refractivity contribution in [3.8, 4) is 0 Å². The Morgan fingerprint density at radius 2 is 1.73 bits per heavy atom. The fourth-order valence-corrected chi connectivity index (χ4v) is 1.31. The summed E-state index contributed by atoms with van der Waals surface area (Å²) in [6.07, 6.45) is 9.15. The fourth-order valence-electron chi connectivity index (χ4n) is 1.31. The Morgan fingerprint density at radius 3 is 2.20 bits per heavy atom. The van der Waals surface area contributed by atoms with Crippen LogP contribution in [0.15, 0.2) is 12.2 Å². The number of nitrogens with zero attached hydrogens (tertiary/aromatic N) is 1. The van der Waals surface area contributed by atoms with Gasteiger partial charge < -0.3 is 0 Å². The minimum atomic E-state index is 0.990. The maximum Gasteiger partial charge on any atom is 0.0920 e. The van der Waals surface area contributed by atoms with E-state index in [0.717, 1.165) is 12.1 Å². The van der Waals surface area contributed by atoms with Gasteiger partial charge >= 0.3 is 0 Å². The summed E-state index contributed by atoms with van der Waals surface area (Å²) >= 11 is 0. The van der Waals surface area contributed by atoms with E-state index in [1.54, 1.807) is 0 Å². The van der Waals surface area contributed by atoms with Crippen LogP contribution in [0, 0.1) is 0 Å². The van der Waals surface area contributed by atoms with Gasteiger partial charge in [-0.3, -0.25) is 5.10 Å². The van der Waals surface area contributed by atoms with Crippen molar-refractivity contribution in [1.82, 2.24) is 10.2 Å². The number of rotatable bonds is 3. The van der Waals surface area contributed by atoms with Crippen LogP contribution < -0.4 is 0 Å². The highest BCUT2D eigenvalue weighted by Crippen LogP contribution is 2.15. The van der Waals surface area contributed by atoms with Crippen LogP contribution in [0.3, 0.4) is 0 Å². The van der Waals surface area contributed by atoms with E-state index in [4.69, 9.17) is 0 Å². The molecule has 0 aliphatic heterocycles. The summed E-state index contributed by atoms with van der Waals surface area (Å²) in [5.41, 5.74) is 3.44. The van der Waals surface area contributed by atoms with E-state index in [1.165, 1.54) is 11.3 Å². The van der Waals surface area contributed by atoms with Crippen molar-refractivity contribution in [3.63, 3.8) is 0 Å². The molecule has 0 saturated heterocycles. The van der Waals surface area contributed by atoms with Gasteiger partial charge in [-0.1, -0.05) is 39.0 Å². The Labute approximate surface area is 93.1 Å². The summed E-state index contributed by atoms with van der Waals surface area (Å²) in [4.78, 5) is 0. The zero-order valence-corrected chi connectivity index (χ0v) is 10.5. The Bertz CT molecular complexity index is 319. The van der Waals surface area contributed by atoms with E-state index in [2.05, 4.69) is 23.2 Å². The van der Waals surface area contributed by atoms with E-state index in [1.807, 2.05) is 45.9 Å². The second kappa shape index (κ2) is 8.04. The molecular weight excluding hydrogens is 184 g/mol. The van der Waals surface area contributed by atoms with Crippen LogP contribution in [0.2, 0.25) is 0 Å². The van der Waals surface area contributed by atoms with E-state index in [9.17, 15) is 0 Å². The van der Waals surface area contributed by atoms with Gasteiger partial charge in [0, 0.05) is 11.3 Å². The van der Waals surface area contributed by atoms with Crippen LogP contribution in [0.25, 0.3) is 12.2 Å². The largest absolute Gasteiger partial charge is 0.281 e. The van der Waals surface area contributed by atoms with Gasteiger partial charge in [0.15, 0.2) is 0 Å². The molecule has 0 fully saturated rings. The van der Waals surface area contributed by atoms with Gasteiger partial charge in [-0.25, -0.2) is 0 Å². The maximum absolute atomic E-state index is 4.23. The number of hydrogen-bond acceptors (Lipinski definition) is 1. The molecule has 0 bridgehead atoms. The first-order chi connectivity index (χ1) is 7.33. The molecule has 0 radical (unpaired) electrons. The third-order valence-corrected chi connectivity index (χ3v) is 1.92. The smallest absolute Gasteiger partial charge is 0.0920 e. The minimum Gasteiger partial charge on any atom is -0.281 e. The van der Waals surface area contributed by atoms with E-state index < -0.39 is 0 Å². The van der Waals surface area contributed by atoms with Crippen LogP contribution in [0.4, 0.5) is 0 Å². The van der Waals surface area contributed by atoms with Gasteiger partial charge in [-0.15, -0.1) is 0 Å². The molecule has 0 aliphatic rings. The summed E-state index contributed by atoms with van der Waals surface area (Å²) in [5.74, 6) is 0. The molecule has 1 heterocycles. The maximum atomic E-state index is 4.23. The molecule has 0 amide bonds. The van der Waals surface area contributed by atoms with Crippen LogP contribution in [-0.4, -0.2) is 10.2 Å². The normalized spacial score (nSPS) is 10.7. The number of allylic oxidation sites excluding steroid dienone is 2. The van der Waals surface area contributed by atoms with Crippen molar-refractivity contribution >= 4 is 12.2 Å². The Balaban J connectivity index is 0.000000921. The summed E-state index contributed by atoms with van der Waals surface area (Å²) in [5, 5.41) is 7.27. The first-order valence-electron chi connectivity index (χ1n) is 5.66. The van der Waals surface area contributed by atoms with Gasteiger partial charge in [0.1, 0.15) is 0 Å². The SMILES string of the molecule is C/C=C\c1n[nH]c(CC)c1/C=C\C.CC. The summed E-state index contributed by atoms with van der Waals surface area (Å²) in [7, 11) is 0. The van der Waals surface area contributed by atoms with Crippen molar-refractivity contribution < 1.29 is 0 Å². The van der Waals surface area contributed by atoms with Gasteiger partial charge in [0.25, 0.3) is 0 Å². The molecule has 1 rings (SSSR count). The highest BCUT2D eigenvalue weighted by atomic mass is 15.1. The van der Waals surface area contributed by atoms with Crippen molar-refractivity contribution in [1.29, 1.82) is 0 Å². The molecule has 1 N–H and O–H groups in total.